The van der Waals surface area contributed by atoms with Gasteiger partial charge in [0.1, 0.15) is 11.6 Å². The van der Waals surface area contributed by atoms with Gasteiger partial charge in [-0.25, -0.2) is 4.99 Å². The summed E-state index contributed by atoms with van der Waals surface area (Å²) < 4.78 is 0. The van der Waals surface area contributed by atoms with Crippen LogP contribution in [0, 0.1) is 11.3 Å². The maximum Gasteiger partial charge on any atom is 0.288 e. The molecule has 0 radical (unpaired) electrons. The first kappa shape index (κ1) is 13.3. The molecule has 3 nitrogen and oxygen atoms in total. The average molecular weight is 304 g/mol. The minimum Gasteiger partial charge on any atom is -0.266 e. The maximum atomic E-state index is 11.9. The van der Waals surface area contributed by atoms with E-state index in [4.69, 9.17) is 0 Å². The molecule has 0 fully saturated rings. The van der Waals surface area contributed by atoms with E-state index in [1.807, 2.05) is 36.0 Å². The number of nitriles is 1. The van der Waals surface area contributed by atoms with Crippen molar-refractivity contribution in [1.82, 2.24) is 0 Å². The molecule has 0 unspecified atom stereocenters. The normalized spacial score (nSPS) is 15.5. The highest BCUT2D eigenvalue weighted by Crippen LogP contribution is 2.45. The molecule has 2 aliphatic rings. The van der Waals surface area contributed by atoms with E-state index >= 15 is 0 Å². The van der Waals surface area contributed by atoms with Crippen LogP contribution in [0.1, 0.15) is 25.0 Å². The molecule has 0 atom stereocenters. The lowest BCUT2D eigenvalue weighted by molar-refractivity contribution is -0.113. The van der Waals surface area contributed by atoms with Crippen molar-refractivity contribution in [1.29, 1.82) is 5.26 Å². The summed E-state index contributed by atoms with van der Waals surface area (Å²) in [5.74, 6) is -0.421. The summed E-state index contributed by atoms with van der Waals surface area (Å²) in [4.78, 5) is 17.2. The van der Waals surface area contributed by atoms with Gasteiger partial charge in [-0.2, -0.15) is 5.26 Å². The smallest absolute Gasteiger partial charge is 0.266 e. The number of carbonyl (C=O) groups is 1. The molecular formula is C18H12N2OS. The summed E-state index contributed by atoms with van der Waals surface area (Å²) in [6, 6.07) is 12.2. The Bertz CT molecular complexity index is 961. The van der Waals surface area contributed by atoms with Crippen molar-refractivity contribution in [3.05, 3.63) is 47.0 Å². The van der Waals surface area contributed by atoms with Gasteiger partial charge in [-0.05, 0) is 17.0 Å². The van der Waals surface area contributed by atoms with Gasteiger partial charge in [-0.1, -0.05) is 38.1 Å². The van der Waals surface area contributed by atoms with Crippen molar-refractivity contribution in [2.24, 2.45) is 4.99 Å². The first-order valence-corrected chi connectivity index (χ1v) is 8.00. The second-order valence-corrected chi connectivity index (χ2v) is 7.25. The third-order valence-electron chi connectivity index (χ3n) is 3.91. The number of thioether (sulfide) groups is 1. The van der Waals surface area contributed by atoms with Crippen LogP contribution >= 0.6 is 11.8 Å². The van der Waals surface area contributed by atoms with Crippen molar-refractivity contribution in [2.45, 2.75) is 24.0 Å². The highest BCUT2D eigenvalue weighted by molar-refractivity contribution is 8.00. The van der Waals surface area contributed by atoms with Gasteiger partial charge in [0.15, 0.2) is 0 Å². The van der Waals surface area contributed by atoms with Crippen molar-refractivity contribution in [2.75, 3.05) is 0 Å². The fraction of sp³-hybridized carbons (Fsp3) is 0.167. The molecular weight excluding hydrogens is 292 g/mol. The van der Waals surface area contributed by atoms with E-state index in [9.17, 15) is 10.1 Å². The van der Waals surface area contributed by atoms with Crippen molar-refractivity contribution in [3.63, 3.8) is 0 Å². The number of aliphatic imine (C=N–C) groups is 1. The predicted molar refractivity (Wildman–Crippen MR) is 89.0 cm³/mol. The zero-order chi connectivity index (χ0) is 15.4. The summed E-state index contributed by atoms with van der Waals surface area (Å²) in [6.45, 7) is 4.34. The minimum absolute atomic E-state index is 0.164. The molecule has 2 aromatic rings. The van der Waals surface area contributed by atoms with E-state index in [1.54, 1.807) is 0 Å². The summed E-state index contributed by atoms with van der Waals surface area (Å²) in [5, 5.41) is 12.1. The van der Waals surface area contributed by atoms with E-state index in [0.29, 0.717) is 16.5 Å². The summed E-state index contributed by atoms with van der Waals surface area (Å²) in [5.41, 5.74) is 3.46. The molecule has 0 aromatic heterocycles. The summed E-state index contributed by atoms with van der Waals surface area (Å²) in [6.07, 6.45) is 0. The van der Waals surface area contributed by atoms with Crippen LogP contribution in [0.25, 0.3) is 16.3 Å². The lowest BCUT2D eigenvalue weighted by Crippen LogP contribution is -1.94. The van der Waals surface area contributed by atoms with Crippen LogP contribution in [0.15, 0.2) is 45.8 Å². The Kier molecular flexibility index (Phi) is 2.75. The molecule has 106 valence electrons. The third-order valence-corrected chi connectivity index (χ3v) is 4.99. The number of hydrogen-bond acceptors (Lipinski definition) is 3. The molecule has 1 aliphatic heterocycles. The first-order chi connectivity index (χ1) is 10.6. The molecule has 4 rings (SSSR count). The van der Waals surface area contributed by atoms with E-state index < -0.39 is 5.91 Å². The molecule has 2 aromatic carbocycles. The highest BCUT2D eigenvalue weighted by Gasteiger charge is 2.36. The zero-order valence-electron chi connectivity index (χ0n) is 12.2. The van der Waals surface area contributed by atoms with Crippen molar-refractivity contribution < 1.29 is 4.79 Å². The van der Waals surface area contributed by atoms with Crippen LogP contribution in [-0.2, 0) is 4.79 Å². The van der Waals surface area contributed by atoms with Gasteiger partial charge >= 0.3 is 0 Å². The number of fused-ring (bicyclic) bond motifs is 3. The van der Waals surface area contributed by atoms with E-state index in [2.05, 4.69) is 31.0 Å². The molecule has 4 heteroatoms. The van der Waals surface area contributed by atoms with Gasteiger partial charge < -0.3 is 0 Å². The Balaban J connectivity index is 2.08. The van der Waals surface area contributed by atoms with Crippen molar-refractivity contribution >= 4 is 39.7 Å². The Morgan fingerprint density at radius 1 is 1.18 bits per heavy atom. The van der Waals surface area contributed by atoms with Gasteiger partial charge in [0.25, 0.3) is 5.91 Å². The van der Waals surface area contributed by atoms with Crippen LogP contribution in [0.4, 0.5) is 0 Å². The second-order valence-electron chi connectivity index (χ2n) is 5.63. The molecule has 0 saturated heterocycles. The lowest BCUT2D eigenvalue weighted by Gasteiger charge is -2.10. The number of rotatable bonds is 2. The van der Waals surface area contributed by atoms with Crippen LogP contribution in [0.5, 0.6) is 0 Å². The topological polar surface area (TPSA) is 53.2 Å². The van der Waals surface area contributed by atoms with Gasteiger partial charge in [0.2, 0.25) is 0 Å². The van der Waals surface area contributed by atoms with E-state index in [1.165, 1.54) is 10.3 Å². The maximum absolute atomic E-state index is 11.9. The summed E-state index contributed by atoms with van der Waals surface area (Å²) >= 11 is 1.82. The molecule has 0 spiro atoms. The van der Waals surface area contributed by atoms with E-state index in [0.717, 1.165) is 16.5 Å². The van der Waals surface area contributed by atoms with Gasteiger partial charge in [0.05, 0.1) is 5.71 Å². The molecule has 0 N–H and O–H groups in total. The Hall–Kier alpha value is -2.38. The zero-order valence-corrected chi connectivity index (χ0v) is 13.0. The van der Waals surface area contributed by atoms with Gasteiger partial charge in [-0.3, -0.25) is 4.79 Å². The number of nitrogens with zero attached hydrogens (tertiary/aromatic N) is 2. The van der Waals surface area contributed by atoms with Crippen LogP contribution < -0.4 is 0 Å². The molecule has 1 amide bonds. The second kappa shape index (κ2) is 4.56. The van der Waals surface area contributed by atoms with Gasteiger partial charge in [-0.15, -0.1) is 11.8 Å². The number of hydrogen-bond donors (Lipinski definition) is 0. The molecule has 0 saturated carbocycles. The Morgan fingerprint density at radius 2 is 2.00 bits per heavy atom. The average Bonchev–Trinajstić information content (AvgIpc) is 2.97. The highest BCUT2D eigenvalue weighted by atomic mass is 32.2. The SMILES string of the molecule is CC(C)Sc1ccc2c3c(cccc13)C1=NC(=O)C(C#N)=C12. The Morgan fingerprint density at radius 3 is 2.73 bits per heavy atom. The number of carbonyl (C=O) groups excluding carboxylic acids is 1. The fourth-order valence-electron chi connectivity index (χ4n) is 3.14. The lowest BCUT2D eigenvalue weighted by atomic mass is 10.0. The number of benzene rings is 2. The number of amides is 1. The van der Waals surface area contributed by atoms with Crippen molar-refractivity contribution in [3.8, 4) is 6.07 Å². The Labute approximate surface area is 132 Å². The fourth-order valence-corrected chi connectivity index (χ4v) is 4.09. The first-order valence-electron chi connectivity index (χ1n) is 7.12. The predicted octanol–water partition coefficient (Wildman–Crippen LogP) is 3.96. The molecule has 22 heavy (non-hydrogen) atoms. The number of allylic oxidation sites excluding steroid dienone is 1. The van der Waals surface area contributed by atoms with Crippen LogP contribution in [0.3, 0.4) is 0 Å². The van der Waals surface area contributed by atoms with Crippen LogP contribution in [0.2, 0.25) is 0 Å². The largest absolute Gasteiger partial charge is 0.288 e. The van der Waals surface area contributed by atoms with Gasteiger partial charge in [0, 0.05) is 26.7 Å². The standard InChI is InChI=1S/C18H12N2OS/c1-9(2)22-14-7-6-11-15-10(14)4-3-5-12(15)17-16(11)13(8-19)18(21)20-17/h3-7,9H,1-2H3. The summed E-state index contributed by atoms with van der Waals surface area (Å²) in [7, 11) is 0. The van der Waals surface area contributed by atoms with E-state index in [-0.39, 0.29) is 5.57 Å². The molecule has 1 heterocycles. The van der Waals surface area contributed by atoms with Crippen LogP contribution in [-0.4, -0.2) is 16.9 Å². The third kappa shape index (κ3) is 1.63. The quantitative estimate of drug-likeness (QED) is 0.789. The minimum atomic E-state index is -0.421. The molecule has 1 aliphatic carbocycles. The molecule has 0 bridgehead atoms. The monoisotopic (exact) mass is 304 g/mol.